The first-order chi connectivity index (χ1) is 13.4. The van der Waals surface area contributed by atoms with Crippen molar-refractivity contribution in [2.75, 3.05) is 26.2 Å². The highest BCUT2D eigenvalue weighted by Gasteiger charge is 2.36. The number of hydrogen-bond acceptors (Lipinski definition) is 5. The summed E-state index contributed by atoms with van der Waals surface area (Å²) in [7, 11) is 0. The standard InChI is InChI=1S/C19H26ClN5.C3H6/c1-13(2)22-25-14(3)17-11-15(20)6-7-18(17)21-19(25)24-10-9-23-8-4-5-16(23)12-24;1-3-2/h6-7,11,14,16H,4-5,8-10,12H2,1-3H3;3H,1H2,2H3. The molecular formula is C22H32ClN5. The molecule has 0 aliphatic carbocycles. The lowest BCUT2D eigenvalue weighted by molar-refractivity contribution is 0.135. The quantitative estimate of drug-likeness (QED) is 0.486. The fraction of sp³-hybridized carbons (Fsp3) is 0.545. The molecule has 5 nitrogen and oxygen atoms in total. The van der Waals surface area contributed by atoms with Gasteiger partial charge in [0.05, 0.1) is 11.7 Å². The molecular weight excluding hydrogens is 370 g/mol. The Labute approximate surface area is 174 Å². The van der Waals surface area contributed by atoms with Crippen LogP contribution >= 0.6 is 11.6 Å². The molecule has 2 atom stereocenters. The number of fused-ring (bicyclic) bond motifs is 2. The molecule has 0 spiro atoms. The second-order valence-corrected chi connectivity index (χ2v) is 8.31. The van der Waals surface area contributed by atoms with Gasteiger partial charge in [0.15, 0.2) is 0 Å². The minimum Gasteiger partial charge on any atom is -0.338 e. The Hall–Kier alpha value is -1.85. The molecule has 0 bridgehead atoms. The maximum atomic E-state index is 6.22. The molecule has 0 N–H and O–H groups in total. The number of guanidine groups is 1. The van der Waals surface area contributed by atoms with Crippen molar-refractivity contribution >= 4 is 29.0 Å². The Kier molecular flexibility index (Phi) is 6.78. The topological polar surface area (TPSA) is 34.4 Å². The molecule has 3 heterocycles. The number of benzene rings is 1. The molecule has 0 amide bonds. The fourth-order valence-electron chi connectivity index (χ4n) is 4.16. The number of rotatable bonds is 1. The van der Waals surface area contributed by atoms with Gasteiger partial charge < -0.3 is 4.90 Å². The van der Waals surface area contributed by atoms with Gasteiger partial charge in [-0.05, 0) is 65.3 Å². The van der Waals surface area contributed by atoms with E-state index in [0.717, 1.165) is 47.6 Å². The lowest BCUT2D eigenvalue weighted by Gasteiger charge is -2.43. The summed E-state index contributed by atoms with van der Waals surface area (Å²) in [5.41, 5.74) is 3.19. The predicted molar refractivity (Wildman–Crippen MR) is 120 cm³/mol. The molecule has 4 rings (SSSR count). The molecule has 3 aliphatic rings. The monoisotopic (exact) mass is 401 g/mol. The van der Waals surface area contributed by atoms with Gasteiger partial charge in [0.1, 0.15) is 0 Å². The van der Waals surface area contributed by atoms with Crippen LogP contribution in [-0.2, 0) is 0 Å². The highest BCUT2D eigenvalue weighted by Crippen LogP contribution is 2.38. The fourth-order valence-corrected chi connectivity index (χ4v) is 4.34. The van der Waals surface area contributed by atoms with Crippen molar-refractivity contribution in [2.24, 2.45) is 10.1 Å². The van der Waals surface area contributed by atoms with Crippen molar-refractivity contribution in [1.82, 2.24) is 14.8 Å². The summed E-state index contributed by atoms with van der Waals surface area (Å²) in [6.07, 6.45) is 4.36. The Bertz CT molecular complexity index is 768. The smallest absolute Gasteiger partial charge is 0.223 e. The zero-order chi connectivity index (χ0) is 20.3. The van der Waals surface area contributed by atoms with Gasteiger partial charge in [-0.1, -0.05) is 17.7 Å². The zero-order valence-electron chi connectivity index (χ0n) is 17.5. The highest BCUT2D eigenvalue weighted by atomic mass is 35.5. The minimum atomic E-state index is 0.123. The van der Waals surface area contributed by atoms with Crippen LogP contribution in [0.15, 0.2) is 40.9 Å². The summed E-state index contributed by atoms with van der Waals surface area (Å²) in [4.78, 5) is 10.0. The number of hydrogen-bond donors (Lipinski definition) is 0. The van der Waals surface area contributed by atoms with E-state index in [-0.39, 0.29) is 6.04 Å². The van der Waals surface area contributed by atoms with Crippen LogP contribution in [0.25, 0.3) is 0 Å². The number of halogens is 1. The van der Waals surface area contributed by atoms with Gasteiger partial charge in [-0.25, -0.2) is 10.0 Å². The number of aliphatic imine (C=N–C) groups is 1. The summed E-state index contributed by atoms with van der Waals surface area (Å²) in [6, 6.07) is 6.75. The third kappa shape index (κ3) is 4.41. The van der Waals surface area contributed by atoms with Gasteiger partial charge in [-0.3, -0.25) is 4.90 Å². The molecule has 2 saturated heterocycles. The third-order valence-corrected chi connectivity index (χ3v) is 5.64. The molecule has 1 aromatic carbocycles. The van der Waals surface area contributed by atoms with Crippen LogP contribution in [0, 0.1) is 0 Å². The van der Waals surface area contributed by atoms with Crippen LogP contribution in [0.3, 0.4) is 0 Å². The van der Waals surface area contributed by atoms with Crippen LogP contribution in [0.5, 0.6) is 0 Å². The number of nitrogens with zero attached hydrogens (tertiary/aromatic N) is 5. The maximum absolute atomic E-state index is 6.22. The van der Waals surface area contributed by atoms with E-state index in [2.05, 4.69) is 28.3 Å². The van der Waals surface area contributed by atoms with Crippen molar-refractivity contribution in [3.05, 3.63) is 41.4 Å². The lowest BCUT2D eigenvalue weighted by atomic mass is 10.0. The first-order valence-corrected chi connectivity index (χ1v) is 10.6. The van der Waals surface area contributed by atoms with E-state index < -0.39 is 0 Å². The molecule has 2 fully saturated rings. The van der Waals surface area contributed by atoms with Gasteiger partial charge in [-0.15, -0.1) is 6.58 Å². The number of hydrazone groups is 1. The van der Waals surface area contributed by atoms with E-state index in [1.54, 1.807) is 6.08 Å². The van der Waals surface area contributed by atoms with E-state index in [9.17, 15) is 0 Å². The van der Waals surface area contributed by atoms with E-state index in [0.29, 0.717) is 6.04 Å². The van der Waals surface area contributed by atoms with Crippen LogP contribution in [0.4, 0.5) is 5.69 Å². The molecule has 2 unspecified atom stereocenters. The molecule has 1 aromatic rings. The zero-order valence-corrected chi connectivity index (χ0v) is 18.3. The SMILES string of the molecule is C=CC.CC(C)=NN1C(N2CCN3CCCC3C2)=Nc2ccc(Cl)cc2C1C. The number of piperazine rings is 1. The van der Waals surface area contributed by atoms with Gasteiger partial charge in [-0.2, -0.15) is 5.10 Å². The average molecular weight is 402 g/mol. The summed E-state index contributed by atoms with van der Waals surface area (Å²) >= 11 is 6.22. The van der Waals surface area contributed by atoms with Gasteiger partial charge in [0, 0.05) is 42.0 Å². The third-order valence-electron chi connectivity index (χ3n) is 5.41. The average Bonchev–Trinajstić information content (AvgIpc) is 3.12. The molecule has 152 valence electrons. The minimum absolute atomic E-state index is 0.123. The molecule has 3 aliphatic heterocycles. The van der Waals surface area contributed by atoms with Crippen molar-refractivity contribution in [3.63, 3.8) is 0 Å². The summed E-state index contributed by atoms with van der Waals surface area (Å²) in [5, 5.41) is 7.64. The lowest BCUT2D eigenvalue weighted by Crippen LogP contribution is -2.56. The molecule has 0 radical (unpaired) electrons. The van der Waals surface area contributed by atoms with E-state index in [1.165, 1.54) is 19.4 Å². The van der Waals surface area contributed by atoms with Gasteiger partial charge in [0.2, 0.25) is 5.96 Å². The van der Waals surface area contributed by atoms with Crippen LogP contribution in [0.2, 0.25) is 5.02 Å². The van der Waals surface area contributed by atoms with Crippen LogP contribution in [-0.4, -0.2) is 58.7 Å². The van der Waals surface area contributed by atoms with Crippen molar-refractivity contribution in [3.8, 4) is 0 Å². The first kappa shape index (κ1) is 20.9. The Morgan fingerprint density at radius 3 is 2.75 bits per heavy atom. The van der Waals surface area contributed by atoms with Crippen molar-refractivity contribution in [1.29, 1.82) is 0 Å². The molecule has 0 aromatic heterocycles. The van der Waals surface area contributed by atoms with Crippen LogP contribution in [0.1, 0.15) is 52.1 Å². The summed E-state index contributed by atoms with van der Waals surface area (Å²) in [6.45, 7) is 15.9. The highest BCUT2D eigenvalue weighted by molar-refractivity contribution is 6.30. The second kappa shape index (κ2) is 9.10. The second-order valence-electron chi connectivity index (χ2n) is 7.87. The van der Waals surface area contributed by atoms with E-state index in [1.807, 2.05) is 39.0 Å². The van der Waals surface area contributed by atoms with Crippen LogP contribution < -0.4 is 0 Å². The Morgan fingerprint density at radius 2 is 2.04 bits per heavy atom. The molecule has 0 saturated carbocycles. The van der Waals surface area contributed by atoms with E-state index in [4.69, 9.17) is 21.7 Å². The molecule has 6 heteroatoms. The maximum Gasteiger partial charge on any atom is 0.223 e. The Morgan fingerprint density at radius 1 is 1.29 bits per heavy atom. The van der Waals surface area contributed by atoms with Gasteiger partial charge >= 0.3 is 0 Å². The van der Waals surface area contributed by atoms with E-state index >= 15 is 0 Å². The Balaban J connectivity index is 0.000000706. The first-order valence-electron chi connectivity index (χ1n) is 10.2. The van der Waals surface area contributed by atoms with Crippen molar-refractivity contribution in [2.45, 2.75) is 52.6 Å². The summed E-state index contributed by atoms with van der Waals surface area (Å²) < 4.78 is 0. The largest absolute Gasteiger partial charge is 0.338 e. The predicted octanol–water partition coefficient (Wildman–Crippen LogP) is 5.07. The van der Waals surface area contributed by atoms with Gasteiger partial charge in [0.25, 0.3) is 0 Å². The number of allylic oxidation sites excluding steroid dienone is 1. The molecule has 28 heavy (non-hydrogen) atoms. The van der Waals surface area contributed by atoms with Crippen molar-refractivity contribution < 1.29 is 0 Å². The normalized spacial score (nSPS) is 23.8. The summed E-state index contributed by atoms with van der Waals surface area (Å²) in [5.74, 6) is 0.982.